The molecule has 0 fully saturated rings. The summed E-state index contributed by atoms with van der Waals surface area (Å²) in [6.07, 6.45) is 0. The molecule has 0 saturated carbocycles. The SMILES string of the molecule is c1ccc(N(c2ccccc2-c2ccc3c(c2)C2(c4ccccc4-c4ccccc42)c2ccccc2C32c3ccccc3-c3ccccc32)c2cccc3oc4ccccc4c23)cc1. The summed E-state index contributed by atoms with van der Waals surface area (Å²) in [6.45, 7) is 0. The van der Waals surface area contributed by atoms with E-state index in [9.17, 15) is 0 Å². The lowest BCUT2D eigenvalue weighted by atomic mass is 9.52. The Balaban J connectivity index is 1.10. The van der Waals surface area contributed by atoms with Gasteiger partial charge in [0.2, 0.25) is 0 Å². The summed E-state index contributed by atoms with van der Waals surface area (Å²) in [5.74, 6) is 0. The molecule has 0 radical (unpaired) electrons. The summed E-state index contributed by atoms with van der Waals surface area (Å²) in [4.78, 5) is 2.43. The van der Waals surface area contributed by atoms with Crippen molar-refractivity contribution in [2.75, 3.05) is 4.90 Å². The van der Waals surface area contributed by atoms with Crippen LogP contribution >= 0.6 is 0 Å². The van der Waals surface area contributed by atoms with E-state index in [4.69, 9.17) is 4.42 Å². The number of rotatable bonds is 4. The van der Waals surface area contributed by atoms with Crippen LogP contribution in [0.15, 0.2) is 241 Å². The minimum atomic E-state index is -0.581. The standard InChI is InChI=1S/C62H39NO/c1-2-19-41(20-3-1)63(57-34-18-36-59-60(57)47-26-9-17-35-58(47)64-59)56-33-16-8-21-42(56)40-37-38-54-55(39-40)62(50-29-12-6-24-45(50)46-25-7-13-30-51(46)62)53-32-15-14-31-52(53)61(54)48-27-10-4-22-43(48)44-23-5-11-28-49(44)61/h1-39H. The topological polar surface area (TPSA) is 16.4 Å². The van der Waals surface area contributed by atoms with E-state index in [2.05, 4.69) is 235 Å². The summed E-state index contributed by atoms with van der Waals surface area (Å²) in [5.41, 5.74) is 22.0. The van der Waals surface area contributed by atoms with Crippen molar-refractivity contribution < 1.29 is 4.42 Å². The first-order valence-corrected chi connectivity index (χ1v) is 22.3. The zero-order chi connectivity index (χ0) is 42.0. The molecule has 298 valence electrons. The van der Waals surface area contributed by atoms with Crippen LogP contribution in [-0.2, 0) is 10.8 Å². The first kappa shape index (κ1) is 35.4. The highest BCUT2D eigenvalue weighted by Crippen LogP contribution is 2.67. The molecule has 2 heteroatoms. The number of furan rings is 1. The van der Waals surface area contributed by atoms with Gasteiger partial charge < -0.3 is 9.32 Å². The third-order valence-corrected chi connectivity index (χ3v) is 14.6. The lowest BCUT2D eigenvalue weighted by molar-refractivity contribution is 0.633. The fourth-order valence-electron chi connectivity index (χ4n) is 12.2. The minimum absolute atomic E-state index is 0.539. The molecule has 0 unspecified atom stereocenters. The molecule has 1 aromatic heterocycles. The Morgan fingerprint density at radius 1 is 0.297 bits per heavy atom. The third-order valence-electron chi connectivity index (χ3n) is 14.6. The summed E-state index contributed by atoms with van der Waals surface area (Å²) >= 11 is 0. The first-order valence-electron chi connectivity index (χ1n) is 22.3. The van der Waals surface area contributed by atoms with Crippen molar-refractivity contribution in [1.29, 1.82) is 0 Å². The highest BCUT2D eigenvalue weighted by Gasteiger charge is 2.59. The van der Waals surface area contributed by atoms with Crippen LogP contribution in [0.4, 0.5) is 17.1 Å². The smallest absolute Gasteiger partial charge is 0.137 e. The van der Waals surface area contributed by atoms with E-state index in [0.29, 0.717) is 0 Å². The van der Waals surface area contributed by atoms with Gasteiger partial charge in [-0.1, -0.05) is 194 Å². The quantitative estimate of drug-likeness (QED) is 0.176. The van der Waals surface area contributed by atoms with E-state index in [-0.39, 0.29) is 0 Å². The van der Waals surface area contributed by atoms with Crippen LogP contribution < -0.4 is 4.90 Å². The van der Waals surface area contributed by atoms with Crippen LogP contribution in [0.25, 0.3) is 55.3 Å². The van der Waals surface area contributed by atoms with Crippen LogP contribution in [0, 0.1) is 0 Å². The molecule has 0 aliphatic heterocycles. The summed E-state index contributed by atoms with van der Waals surface area (Å²) in [7, 11) is 0. The van der Waals surface area contributed by atoms with Crippen molar-refractivity contribution in [2.45, 2.75) is 10.8 Å². The Morgan fingerprint density at radius 3 is 1.34 bits per heavy atom. The van der Waals surface area contributed by atoms with Gasteiger partial charge in [-0.05, 0) is 115 Å². The van der Waals surface area contributed by atoms with Gasteiger partial charge in [-0.25, -0.2) is 0 Å². The van der Waals surface area contributed by atoms with Crippen LogP contribution in [0.1, 0.15) is 44.5 Å². The van der Waals surface area contributed by atoms with Gasteiger partial charge in [0.1, 0.15) is 11.2 Å². The molecule has 0 bridgehead atoms. The van der Waals surface area contributed by atoms with Gasteiger partial charge in [0, 0.05) is 16.6 Å². The van der Waals surface area contributed by atoms with E-state index in [1.165, 1.54) is 66.8 Å². The zero-order valence-corrected chi connectivity index (χ0v) is 34.9. The summed E-state index contributed by atoms with van der Waals surface area (Å²) in [6, 6.07) is 87.9. The van der Waals surface area contributed by atoms with Crippen LogP contribution in [0.2, 0.25) is 0 Å². The number of fused-ring (bicyclic) bond motifs is 19. The molecular weight excluding hydrogens is 775 g/mol. The first-order chi connectivity index (χ1) is 31.8. The molecule has 0 saturated heterocycles. The highest BCUT2D eigenvalue weighted by molar-refractivity contribution is 6.14. The average Bonchev–Trinajstić information content (AvgIpc) is 4.00. The molecule has 14 rings (SSSR count). The second-order valence-electron chi connectivity index (χ2n) is 17.4. The lowest BCUT2D eigenvalue weighted by Crippen LogP contribution is -2.43. The van der Waals surface area contributed by atoms with Crippen molar-refractivity contribution in [3.8, 4) is 33.4 Å². The number of anilines is 3. The number of hydrogen-bond donors (Lipinski definition) is 0. The minimum Gasteiger partial charge on any atom is -0.456 e. The molecule has 0 amide bonds. The monoisotopic (exact) mass is 813 g/mol. The second kappa shape index (κ2) is 13.2. The van der Waals surface area contributed by atoms with Crippen molar-refractivity contribution in [1.82, 2.24) is 0 Å². The van der Waals surface area contributed by atoms with E-state index < -0.39 is 10.8 Å². The normalized spacial score (nSPS) is 14.2. The van der Waals surface area contributed by atoms with Gasteiger partial charge in [-0.2, -0.15) is 0 Å². The van der Waals surface area contributed by atoms with Crippen LogP contribution in [-0.4, -0.2) is 0 Å². The fourth-order valence-corrected chi connectivity index (χ4v) is 12.2. The number of nitrogens with zero attached hydrogens (tertiary/aromatic N) is 1. The largest absolute Gasteiger partial charge is 0.456 e. The molecule has 3 aliphatic rings. The Bertz CT molecular complexity index is 3610. The predicted octanol–water partition coefficient (Wildman–Crippen LogP) is 15.8. The number of benzene rings is 10. The molecule has 0 N–H and O–H groups in total. The average molecular weight is 814 g/mol. The predicted molar refractivity (Wildman–Crippen MR) is 262 cm³/mol. The molecule has 1 heterocycles. The Kier molecular flexibility index (Phi) is 7.28. The molecule has 2 spiro atoms. The Morgan fingerprint density at radius 2 is 0.734 bits per heavy atom. The van der Waals surface area contributed by atoms with Gasteiger partial charge in [0.25, 0.3) is 0 Å². The van der Waals surface area contributed by atoms with Crippen molar-refractivity contribution >= 4 is 39.0 Å². The Labute approximate surface area is 372 Å². The molecular formula is C62H39NO. The summed E-state index contributed by atoms with van der Waals surface area (Å²) in [5, 5.41) is 2.19. The fraction of sp³-hybridized carbons (Fsp3) is 0.0323. The number of para-hydroxylation sites is 3. The zero-order valence-electron chi connectivity index (χ0n) is 34.9. The summed E-state index contributed by atoms with van der Waals surface area (Å²) < 4.78 is 6.50. The molecule has 64 heavy (non-hydrogen) atoms. The van der Waals surface area contributed by atoms with Gasteiger partial charge in [0.15, 0.2) is 0 Å². The molecule has 0 atom stereocenters. The van der Waals surface area contributed by atoms with E-state index in [0.717, 1.165) is 50.1 Å². The second-order valence-corrected chi connectivity index (χ2v) is 17.4. The molecule has 3 aliphatic carbocycles. The maximum Gasteiger partial charge on any atom is 0.137 e. The maximum atomic E-state index is 6.50. The highest BCUT2D eigenvalue weighted by atomic mass is 16.3. The number of hydrogen-bond acceptors (Lipinski definition) is 2. The molecule has 2 nitrogen and oxygen atoms in total. The van der Waals surface area contributed by atoms with Crippen molar-refractivity contribution in [3.63, 3.8) is 0 Å². The molecule has 11 aromatic rings. The maximum absolute atomic E-state index is 6.50. The van der Waals surface area contributed by atoms with Crippen molar-refractivity contribution in [3.05, 3.63) is 281 Å². The van der Waals surface area contributed by atoms with Gasteiger partial charge >= 0.3 is 0 Å². The van der Waals surface area contributed by atoms with Crippen LogP contribution in [0.5, 0.6) is 0 Å². The lowest BCUT2D eigenvalue weighted by Gasteiger charge is -2.49. The van der Waals surface area contributed by atoms with Gasteiger partial charge in [-0.3, -0.25) is 0 Å². The van der Waals surface area contributed by atoms with E-state index >= 15 is 0 Å². The van der Waals surface area contributed by atoms with E-state index in [1.54, 1.807) is 0 Å². The molecule has 10 aromatic carbocycles. The van der Waals surface area contributed by atoms with E-state index in [1.807, 2.05) is 6.07 Å². The third kappa shape index (κ3) is 4.44. The Hall–Kier alpha value is -8.20. The van der Waals surface area contributed by atoms with Crippen molar-refractivity contribution in [2.24, 2.45) is 0 Å². The van der Waals surface area contributed by atoms with Crippen LogP contribution in [0.3, 0.4) is 0 Å². The van der Waals surface area contributed by atoms with Gasteiger partial charge in [0.05, 0.1) is 27.6 Å². The van der Waals surface area contributed by atoms with Gasteiger partial charge in [-0.15, -0.1) is 0 Å².